The zero-order valence-electron chi connectivity index (χ0n) is 20.7. The Morgan fingerprint density at radius 2 is 1.87 bits per heavy atom. The molecule has 1 spiro atoms. The molecule has 1 unspecified atom stereocenters. The molecule has 5 aliphatic rings. The Balaban J connectivity index is 1.32. The predicted octanol–water partition coefficient (Wildman–Crippen LogP) is -1.96. The summed E-state index contributed by atoms with van der Waals surface area (Å²) in [4.78, 5) is 48.9. The van der Waals surface area contributed by atoms with Crippen LogP contribution in [-0.4, -0.2) is 92.3 Å². The zero-order chi connectivity index (χ0) is 27.9. The number of likely N-dealkylation sites (tertiary alicyclic amines) is 1. The third-order valence-corrected chi connectivity index (χ3v) is 8.36. The van der Waals surface area contributed by atoms with E-state index in [0.29, 0.717) is 0 Å². The van der Waals surface area contributed by atoms with Gasteiger partial charge in [0.2, 0.25) is 17.6 Å². The van der Waals surface area contributed by atoms with Gasteiger partial charge in [-0.1, -0.05) is 12.1 Å². The molecule has 4 atom stereocenters. The molecule has 13 nitrogen and oxygen atoms in total. The molecule has 208 valence electrons. The second-order valence-corrected chi connectivity index (χ2v) is 10.6. The van der Waals surface area contributed by atoms with Crippen molar-refractivity contribution in [2.24, 2.45) is 21.5 Å². The Morgan fingerprint density at radius 1 is 1.15 bits per heavy atom. The highest BCUT2D eigenvalue weighted by Gasteiger charge is 2.73. The molecule has 6 rings (SSSR count). The smallest absolute Gasteiger partial charge is 0.273 e. The van der Waals surface area contributed by atoms with Crippen molar-refractivity contribution in [2.75, 3.05) is 13.1 Å². The van der Waals surface area contributed by atoms with Crippen LogP contribution in [0.25, 0.3) is 0 Å². The number of alkyl halides is 2. The largest absolute Gasteiger partial charge is 0.370 e. The number of nitrogens with one attached hydrogen (secondary N) is 2. The third kappa shape index (κ3) is 3.52. The molecule has 8 N–H and O–H groups in total. The highest BCUT2D eigenvalue weighted by Crippen LogP contribution is 2.45. The van der Waals surface area contributed by atoms with E-state index in [-0.39, 0.29) is 85.6 Å². The standard InChI is InChI=1S/C24H28F2N8O5/c25-22(26)8-2-4-11-12(3-1-5-13(11)22)19(37)30-15-10-34-21(28)29-14(9-33-16(35)6-7-17(33)36)18-23(34,24(15,38)39)32-20(27)31-18/h1,3,5,14-15,18,38-39H,2,4,6-10H2,(H2,28,29)(H,30,37)(H3,27,31,32)/t14-,15?,18-,23-/m0/s1. The summed E-state index contributed by atoms with van der Waals surface area (Å²) in [5.41, 5.74) is 10.3. The zero-order valence-corrected chi connectivity index (χ0v) is 20.7. The first-order chi connectivity index (χ1) is 18.4. The van der Waals surface area contributed by atoms with Gasteiger partial charge in [0.25, 0.3) is 11.8 Å². The van der Waals surface area contributed by atoms with Gasteiger partial charge in [0.1, 0.15) is 12.1 Å². The molecule has 15 heteroatoms. The maximum atomic E-state index is 14.5. The number of carbonyl (C=O) groups excluding carboxylic acids is 3. The number of rotatable bonds is 4. The Hall–Kier alpha value is -3.85. The van der Waals surface area contributed by atoms with Crippen molar-refractivity contribution in [3.05, 3.63) is 34.9 Å². The second-order valence-electron chi connectivity index (χ2n) is 10.6. The summed E-state index contributed by atoms with van der Waals surface area (Å²) in [6, 6.07) is 0.628. The molecular weight excluding hydrogens is 518 g/mol. The van der Waals surface area contributed by atoms with E-state index in [2.05, 4.69) is 20.6 Å². The van der Waals surface area contributed by atoms with Crippen LogP contribution in [-0.2, 0) is 21.9 Å². The number of halogens is 2. The molecule has 39 heavy (non-hydrogen) atoms. The summed E-state index contributed by atoms with van der Waals surface area (Å²) in [5, 5.41) is 28.5. The number of fused-ring (bicyclic) bond motifs is 1. The van der Waals surface area contributed by atoms with Crippen LogP contribution < -0.4 is 22.1 Å². The van der Waals surface area contributed by atoms with E-state index in [1.165, 1.54) is 23.1 Å². The molecule has 0 saturated carbocycles. The van der Waals surface area contributed by atoms with Crippen molar-refractivity contribution >= 4 is 29.6 Å². The molecule has 1 aromatic carbocycles. The number of aliphatic hydroxyl groups is 2. The normalized spacial score (nSPS) is 32.2. The SMILES string of the molecule is NC1=N[C@H]2[C@H](CN3C(=O)CCC3=O)N=C(N)N3CC(NC(=O)c4cccc5c4CCCC5(F)F)C(O)(O)[C@]23N1. The van der Waals surface area contributed by atoms with Gasteiger partial charge in [0.05, 0.1) is 12.6 Å². The van der Waals surface area contributed by atoms with Gasteiger partial charge >= 0.3 is 0 Å². The van der Waals surface area contributed by atoms with Gasteiger partial charge in [-0.15, -0.1) is 0 Å². The van der Waals surface area contributed by atoms with Crippen LogP contribution >= 0.6 is 0 Å². The molecule has 1 aliphatic carbocycles. The number of guanidine groups is 2. The second kappa shape index (κ2) is 8.32. The first-order valence-electron chi connectivity index (χ1n) is 12.7. The minimum atomic E-state index is -3.07. The summed E-state index contributed by atoms with van der Waals surface area (Å²) in [6.07, 6.45) is 0.284. The van der Waals surface area contributed by atoms with Crippen molar-refractivity contribution in [3.63, 3.8) is 0 Å². The van der Waals surface area contributed by atoms with Gasteiger partial charge in [-0.25, -0.2) is 18.8 Å². The summed E-state index contributed by atoms with van der Waals surface area (Å²) in [6.45, 7) is -0.436. The van der Waals surface area contributed by atoms with Gasteiger partial charge in [0.15, 0.2) is 17.6 Å². The topological polar surface area (TPSA) is 199 Å². The van der Waals surface area contributed by atoms with Crippen molar-refractivity contribution in [1.82, 2.24) is 20.4 Å². The quantitative estimate of drug-likeness (QED) is 0.183. The van der Waals surface area contributed by atoms with Crippen LogP contribution in [0.2, 0.25) is 0 Å². The first kappa shape index (κ1) is 25.4. The summed E-state index contributed by atoms with van der Waals surface area (Å²) < 4.78 is 29.0. The Morgan fingerprint density at radius 3 is 2.59 bits per heavy atom. The fraction of sp³-hybridized carbons (Fsp3) is 0.542. The average Bonchev–Trinajstić information content (AvgIpc) is 3.46. The van der Waals surface area contributed by atoms with Gasteiger partial charge in [0, 0.05) is 36.9 Å². The average molecular weight is 547 g/mol. The number of benzene rings is 1. The van der Waals surface area contributed by atoms with E-state index >= 15 is 0 Å². The molecule has 1 aromatic rings. The third-order valence-electron chi connectivity index (χ3n) is 8.36. The number of hydrogen-bond acceptors (Lipinski definition) is 11. The van der Waals surface area contributed by atoms with Crippen LogP contribution in [0.15, 0.2) is 28.2 Å². The molecule has 2 saturated heterocycles. The molecule has 2 fully saturated rings. The molecule has 0 radical (unpaired) electrons. The monoisotopic (exact) mass is 546 g/mol. The van der Waals surface area contributed by atoms with Crippen molar-refractivity contribution in [1.29, 1.82) is 0 Å². The van der Waals surface area contributed by atoms with Crippen molar-refractivity contribution < 1.29 is 33.4 Å². The lowest BCUT2D eigenvalue weighted by Crippen LogP contribution is -2.78. The molecule has 3 amide bonds. The number of carbonyl (C=O) groups is 3. The summed E-state index contributed by atoms with van der Waals surface area (Å²) in [5.74, 6) is -7.66. The number of nitrogens with two attached hydrogens (primary N) is 2. The fourth-order valence-corrected chi connectivity index (χ4v) is 6.52. The van der Waals surface area contributed by atoms with E-state index in [0.717, 1.165) is 4.90 Å². The highest BCUT2D eigenvalue weighted by molar-refractivity contribution is 6.02. The van der Waals surface area contributed by atoms with E-state index in [4.69, 9.17) is 11.5 Å². The summed E-state index contributed by atoms with van der Waals surface area (Å²) in [7, 11) is 0. The van der Waals surface area contributed by atoms with Crippen LogP contribution in [0.4, 0.5) is 8.78 Å². The minimum absolute atomic E-state index is 0.0160. The number of aliphatic imine (C=N–C) groups is 2. The van der Waals surface area contributed by atoms with E-state index in [9.17, 15) is 33.4 Å². The molecule has 4 aliphatic heterocycles. The molecule has 0 bridgehead atoms. The predicted molar refractivity (Wildman–Crippen MR) is 131 cm³/mol. The van der Waals surface area contributed by atoms with Crippen LogP contribution in [0.1, 0.15) is 47.2 Å². The van der Waals surface area contributed by atoms with E-state index in [1.807, 2.05) is 0 Å². The lowest BCUT2D eigenvalue weighted by molar-refractivity contribution is -0.230. The molecule has 0 aromatic heterocycles. The van der Waals surface area contributed by atoms with Crippen molar-refractivity contribution in [3.8, 4) is 0 Å². The van der Waals surface area contributed by atoms with Crippen molar-refractivity contribution in [2.45, 2.75) is 67.6 Å². The number of hydrogen-bond donors (Lipinski definition) is 6. The van der Waals surface area contributed by atoms with Crippen LogP contribution in [0, 0.1) is 0 Å². The van der Waals surface area contributed by atoms with Gasteiger partial charge in [-0.3, -0.25) is 19.3 Å². The number of nitrogens with zero attached hydrogens (tertiary/aromatic N) is 4. The fourth-order valence-electron chi connectivity index (χ4n) is 6.52. The van der Waals surface area contributed by atoms with Crippen LogP contribution in [0.5, 0.6) is 0 Å². The Labute approximate surface area is 220 Å². The maximum Gasteiger partial charge on any atom is 0.273 e. The van der Waals surface area contributed by atoms with E-state index in [1.54, 1.807) is 0 Å². The minimum Gasteiger partial charge on any atom is -0.370 e. The van der Waals surface area contributed by atoms with Gasteiger partial charge < -0.3 is 37.2 Å². The highest BCUT2D eigenvalue weighted by atomic mass is 19.3. The molecular formula is C24H28F2N8O5. The lowest BCUT2D eigenvalue weighted by atomic mass is 9.84. The van der Waals surface area contributed by atoms with Gasteiger partial charge in [-0.2, -0.15) is 0 Å². The Kier molecular flexibility index (Phi) is 5.43. The maximum absolute atomic E-state index is 14.5. The lowest BCUT2D eigenvalue weighted by Gasteiger charge is -2.49. The molecule has 4 heterocycles. The van der Waals surface area contributed by atoms with E-state index < -0.39 is 41.4 Å². The van der Waals surface area contributed by atoms with Gasteiger partial charge in [-0.05, 0) is 24.5 Å². The van der Waals surface area contributed by atoms with Crippen LogP contribution in [0.3, 0.4) is 0 Å². The summed E-state index contributed by atoms with van der Waals surface area (Å²) >= 11 is 0. The Bertz CT molecular complexity index is 1330. The number of amides is 3. The number of imide groups is 1. The first-order valence-corrected chi connectivity index (χ1v) is 12.7.